The summed E-state index contributed by atoms with van der Waals surface area (Å²) >= 11 is 0. The van der Waals surface area contributed by atoms with E-state index in [4.69, 9.17) is 16.0 Å². The number of anilines is 3. The minimum absolute atomic E-state index is 0.0160. The summed E-state index contributed by atoms with van der Waals surface area (Å²) in [4.78, 5) is 22.8. The summed E-state index contributed by atoms with van der Waals surface area (Å²) in [5, 5.41) is 10.1. The Morgan fingerprint density at radius 1 is 1.24 bits per heavy atom. The summed E-state index contributed by atoms with van der Waals surface area (Å²) in [6, 6.07) is 6.86. The van der Waals surface area contributed by atoms with Crippen LogP contribution in [0, 0.1) is 12.8 Å². The predicted molar refractivity (Wildman–Crippen MR) is 95.5 cm³/mol. The second-order valence-corrected chi connectivity index (χ2v) is 6.17. The third-order valence-corrected chi connectivity index (χ3v) is 3.78. The van der Waals surface area contributed by atoms with E-state index in [1.165, 1.54) is 0 Å². The Morgan fingerprint density at radius 3 is 2.52 bits per heavy atom. The van der Waals surface area contributed by atoms with Crippen LogP contribution in [0.3, 0.4) is 0 Å². The fourth-order valence-corrected chi connectivity index (χ4v) is 2.50. The molecule has 1 aromatic heterocycles. The van der Waals surface area contributed by atoms with Crippen LogP contribution in [-0.2, 0) is 4.79 Å². The summed E-state index contributed by atoms with van der Waals surface area (Å²) in [6.07, 6.45) is 0.594. The Bertz CT molecular complexity index is 771. The highest BCUT2D eigenvalue weighted by Crippen LogP contribution is 2.26. The Balaban J connectivity index is 2.18. The maximum absolute atomic E-state index is 11.6. The lowest BCUT2D eigenvalue weighted by molar-refractivity contribution is -0.121. The van der Waals surface area contributed by atoms with E-state index in [1.54, 1.807) is 38.1 Å². The lowest BCUT2D eigenvalue weighted by Crippen LogP contribution is -2.27. The molecule has 1 aromatic carbocycles. The van der Waals surface area contributed by atoms with Gasteiger partial charge < -0.3 is 26.6 Å². The first-order valence-electron chi connectivity index (χ1n) is 7.96. The molecule has 6 N–H and O–H groups in total. The molecule has 0 saturated carbocycles. The van der Waals surface area contributed by atoms with E-state index in [1.807, 2.05) is 6.92 Å². The number of hydrogen-bond acceptors (Lipinski definition) is 6. The number of hydrogen-bond donors (Lipinski definition) is 4. The number of nitrogens with zero attached hydrogens (tertiary/aromatic N) is 1. The molecule has 1 heterocycles. The molecule has 2 amide bonds. The van der Waals surface area contributed by atoms with Crippen LogP contribution in [0.1, 0.15) is 36.3 Å². The fourth-order valence-electron chi connectivity index (χ4n) is 2.50. The normalized spacial score (nSPS) is 13.1. The zero-order valence-electron chi connectivity index (χ0n) is 14.5. The average molecular weight is 345 g/mol. The van der Waals surface area contributed by atoms with Gasteiger partial charge in [0.1, 0.15) is 0 Å². The van der Waals surface area contributed by atoms with Gasteiger partial charge in [-0.15, -0.1) is 0 Å². The summed E-state index contributed by atoms with van der Waals surface area (Å²) in [5.74, 6) is -0.712. The molecule has 0 aliphatic rings. The van der Waals surface area contributed by atoms with E-state index in [9.17, 15) is 9.59 Å². The van der Waals surface area contributed by atoms with Gasteiger partial charge in [0.15, 0.2) is 0 Å². The summed E-state index contributed by atoms with van der Waals surface area (Å²) < 4.78 is 5.12. The van der Waals surface area contributed by atoms with E-state index in [0.717, 1.165) is 5.69 Å². The summed E-state index contributed by atoms with van der Waals surface area (Å²) in [7, 11) is 0. The van der Waals surface area contributed by atoms with Crippen molar-refractivity contribution in [2.75, 3.05) is 10.6 Å². The van der Waals surface area contributed by atoms with Gasteiger partial charge in [-0.2, -0.15) is 0 Å². The number of rotatable bonds is 8. The molecular formula is C17H23N5O3. The second-order valence-electron chi connectivity index (χ2n) is 6.17. The maximum Gasteiger partial charge on any atom is 0.250 e. The van der Waals surface area contributed by atoms with Gasteiger partial charge in [0.25, 0.3) is 5.91 Å². The van der Waals surface area contributed by atoms with Gasteiger partial charge in [0.05, 0.1) is 16.9 Å². The van der Waals surface area contributed by atoms with Crippen LogP contribution < -0.4 is 22.1 Å². The Hall–Kier alpha value is -3.03. The van der Waals surface area contributed by atoms with Crippen molar-refractivity contribution in [1.82, 2.24) is 5.16 Å². The van der Waals surface area contributed by atoms with Crippen LogP contribution in [0.4, 0.5) is 17.3 Å². The van der Waals surface area contributed by atoms with E-state index in [0.29, 0.717) is 29.2 Å². The number of aryl methyl sites for hydroxylation is 1. The van der Waals surface area contributed by atoms with Crippen molar-refractivity contribution in [3.05, 3.63) is 35.5 Å². The van der Waals surface area contributed by atoms with Crippen molar-refractivity contribution < 1.29 is 14.1 Å². The zero-order chi connectivity index (χ0) is 18.6. The van der Waals surface area contributed by atoms with Crippen molar-refractivity contribution in [2.45, 2.75) is 33.2 Å². The van der Waals surface area contributed by atoms with Crippen LogP contribution in [0.5, 0.6) is 0 Å². The summed E-state index contributed by atoms with van der Waals surface area (Å²) in [5.41, 5.74) is 13.0. The number of carbonyl (C=O) groups excluding carboxylic acids is 2. The van der Waals surface area contributed by atoms with Crippen molar-refractivity contribution in [2.24, 2.45) is 17.4 Å². The predicted octanol–water partition coefficient (Wildman–Crippen LogP) is 2.14. The van der Waals surface area contributed by atoms with Crippen molar-refractivity contribution in [1.29, 1.82) is 0 Å². The Labute approximate surface area is 145 Å². The third kappa shape index (κ3) is 4.97. The van der Waals surface area contributed by atoms with Gasteiger partial charge in [0, 0.05) is 23.7 Å². The first-order valence-corrected chi connectivity index (χ1v) is 7.96. The zero-order valence-corrected chi connectivity index (χ0v) is 14.5. The molecular weight excluding hydrogens is 322 g/mol. The lowest BCUT2D eigenvalue weighted by Gasteiger charge is -2.19. The molecule has 0 bridgehead atoms. The van der Waals surface area contributed by atoms with Gasteiger partial charge in [-0.25, -0.2) is 0 Å². The van der Waals surface area contributed by atoms with Crippen LogP contribution in [-0.4, -0.2) is 23.0 Å². The highest BCUT2D eigenvalue weighted by molar-refractivity contribution is 5.99. The first kappa shape index (κ1) is 18.3. The van der Waals surface area contributed by atoms with Crippen molar-refractivity contribution >= 4 is 29.1 Å². The number of benzene rings is 1. The smallest absolute Gasteiger partial charge is 0.250 e. The molecule has 8 heteroatoms. The Morgan fingerprint density at radius 2 is 1.96 bits per heavy atom. The van der Waals surface area contributed by atoms with Crippen LogP contribution in [0.2, 0.25) is 0 Å². The van der Waals surface area contributed by atoms with Gasteiger partial charge in [0.2, 0.25) is 11.8 Å². The SMILES string of the molecule is Cc1cc(Nc2cc(NC(C)CC(C)C(N)=O)ccc2C(N)=O)on1. The fraction of sp³-hybridized carbons (Fsp3) is 0.353. The number of nitrogens with one attached hydrogen (secondary N) is 2. The topological polar surface area (TPSA) is 136 Å². The Kier molecular flexibility index (Phi) is 5.63. The highest BCUT2D eigenvalue weighted by Gasteiger charge is 2.15. The molecule has 2 aromatic rings. The van der Waals surface area contributed by atoms with Gasteiger partial charge in [-0.3, -0.25) is 9.59 Å². The third-order valence-electron chi connectivity index (χ3n) is 3.78. The quantitative estimate of drug-likeness (QED) is 0.578. The molecule has 2 unspecified atom stereocenters. The number of carbonyl (C=O) groups is 2. The lowest BCUT2D eigenvalue weighted by atomic mass is 10.0. The minimum Gasteiger partial charge on any atom is -0.383 e. The molecule has 2 atom stereocenters. The number of primary amides is 2. The van der Waals surface area contributed by atoms with E-state index < -0.39 is 5.91 Å². The van der Waals surface area contributed by atoms with Crippen molar-refractivity contribution in [3.8, 4) is 0 Å². The highest BCUT2D eigenvalue weighted by atomic mass is 16.5. The number of aromatic nitrogens is 1. The molecule has 134 valence electrons. The molecule has 0 aliphatic carbocycles. The molecule has 0 aliphatic heterocycles. The monoisotopic (exact) mass is 345 g/mol. The van der Waals surface area contributed by atoms with Gasteiger partial charge >= 0.3 is 0 Å². The molecule has 0 radical (unpaired) electrons. The second kappa shape index (κ2) is 7.69. The molecule has 0 spiro atoms. The maximum atomic E-state index is 11.6. The first-order chi connectivity index (χ1) is 11.8. The molecule has 8 nitrogen and oxygen atoms in total. The molecule has 2 rings (SSSR count). The number of nitrogens with two attached hydrogens (primary N) is 2. The largest absolute Gasteiger partial charge is 0.383 e. The molecule has 25 heavy (non-hydrogen) atoms. The number of amides is 2. The van der Waals surface area contributed by atoms with Crippen LogP contribution in [0.15, 0.2) is 28.8 Å². The minimum atomic E-state index is -0.555. The van der Waals surface area contributed by atoms with Gasteiger partial charge in [-0.1, -0.05) is 12.1 Å². The molecule has 0 fully saturated rings. The van der Waals surface area contributed by atoms with Crippen molar-refractivity contribution in [3.63, 3.8) is 0 Å². The summed E-state index contributed by atoms with van der Waals surface area (Å²) in [6.45, 7) is 5.54. The van der Waals surface area contributed by atoms with E-state index in [-0.39, 0.29) is 17.9 Å². The standard InChI is InChI=1S/C17H23N5O3/c1-9(16(18)23)6-10(2)20-12-4-5-13(17(19)24)14(8-12)21-15-7-11(3)22-25-15/h4-5,7-10,20-21H,6H2,1-3H3,(H2,18,23)(H2,19,24). The van der Waals surface area contributed by atoms with Gasteiger partial charge in [-0.05, 0) is 38.5 Å². The van der Waals surface area contributed by atoms with E-state index >= 15 is 0 Å². The van der Waals surface area contributed by atoms with Crippen LogP contribution >= 0.6 is 0 Å². The average Bonchev–Trinajstić information content (AvgIpc) is 2.92. The van der Waals surface area contributed by atoms with E-state index in [2.05, 4.69) is 15.8 Å². The van der Waals surface area contributed by atoms with Crippen LogP contribution in [0.25, 0.3) is 0 Å². The molecule has 0 saturated heterocycles.